The van der Waals surface area contributed by atoms with Crippen molar-refractivity contribution in [2.45, 2.75) is 70.0 Å². The molecule has 0 aliphatic carbocycles. The summed E-state index contributed by atoms with van der Waals surface area (Å²) >= 11 is 1.51. The highest BCUT2D eigenvalue weighted by Crippen LogP contribution is 2.17. The second-order valence-electron chi connectivity index (χ2n) is 11.0. The molecule has 12 nitrogen and oxygen atoms in total. The fourth-order valence-electron chi connectivity index (χ4n) is 4.62. The fraction of sp³-hybridized carbons (Fsp3) is 0.485. The highest BCUT2D eigenvalue weighted by atomic mass is 35.5. The van der Waals surface area contributed by atoms with E-state index in [4.69, 9.17) is 5.73 Å². The van der Waals surface area contributed by atoms with Gasteiger partial charge in [0.05, 0.1) is 19.7 Å². The number of phenolic OH excluding ortho intramolecular Hbond substituents is 1. The summed E-state index contributed by atoms with van der Waals surface area (Å²) in [6.45, 7) is 1.79. The van der Waals surface area contributed by atoms with Crippen molar-refractivity contribution in [1.29, 1.82) is 0 Å². The number of halogens is 1. The zero-order chi connectivity index (χ0) is 33.9. The van der Waals surface area contributed by atoms with E-state index in [-0.39, 0.29) is 42.9 Å². The maximum atomic E-state index is 13.1. The molecule has 260 valence electrons. The van der Waals surface area contributed by atoms with E-state index in [0.717, 1.165) is 23.1 Å². The van der Waals surface area contributed by atoms with Gasteiger partial charge in [-0.3, -0.25) is 24.0 Å². The van der Waals surface area contributed by atoms with Crippen molar-refractivity contribution in [3.63, 3.8) is 0 Å². The van der Waals surface area contributed by atoms with Crippen LogP contribution in [0.4, 0.5) is 0 Å². The number of methoxy groups -OCH3 is 1. The number of esters is 1. The van der Waals surface area contributed by atoms with Crippen molar-refractivity contribution >= 4 is 53.8 Å². The molecule has 0 saturated carbocycles. The van der Waals surface area contributed by atoms with Crippen molar-refractivity contribution in [1.82, 2.24) is 21.3 Å². The van der Waals surface area contributed by atoms with Crippen LogP contribution in [0.25, 0.3) is 0 Å². The molecule has 14 heteroatoms. The minimum Gasteiger partial charge on any atom is -0.508 e. The number of phenols is 1. The minimum atomic E-state index is -0.929. The van der Waals surface area contributed by atoms with Gasteiger partial charge in [-0.15, -0.1) is 12.4 Å². The third-order valence-corrected chi connectivity index (χ3v) is 7.93. The number of unbranched alkanes of at least 4 members (excludes halogenated alkanes) is 2. The maximum Gasteiger partial charge on any atom is 0.305 e. The van der Waals surface area contributed by atoms with Gasteiger partial charge in [0.25, 0.3) is 0 Å². The first-order chi connectivity index (χ1) is 22.0. The van der Waals surface area contributed by atoms with E-state index in [9.17, 15) is 29.1 Å². The summed E-state index contributed by atoms with van der Waals surface area (Å²) in [5, 5.41) is 20.5. The number of aryl methyl sites for hydroxylation is 1. The number of carbonyl (C=O) groups excluding carboxylic acids is 5. The van der Waals surface area contributed by atoms with Gasteiger partial charge in [0.15, 0.2) is 0 Å². The molecule has 0 aliphatic rings. The van der Waals surface area contributed by atoms with Gasteiger partial charge >= 0.3 is 5.97 Å². The number of thioether (sulfide) groups is 1. The van der Waals surface area contributed by atoms with E-state index in [0.29, 0.717) is 38.0 Å². The number of carbonyl (C=O) groups is 5. The molecule has 0 heterocycles. The normalized spacial score (nSPS) is 12.4. The van der Waals surface area contributed by atoms with Crippen LogP contribution in [-0.2, 0) is 41.6 Å². The quantitative estimate of drug-likeness (QED) is 0.0889. The third kappa shape index (κ3) is 16.0. The Bertz CT molecular complexity index is 1300. The zero-order valence-corrected chi connectivity index (χ0v) is 28.8. The van der Waals surface area contributed by atoms with Crippen LogP contribution in [0.1, 0.15) is 48.8 Å². The highest BCUT2D eigenvalue weighted by molar-refractivity contribution is 7.98. The molecule has 7 N–H and O–H groups in total. The summed E-state index contributed by atoms with van der Waals surface area (Å²) in [7, 11) is 1.34. The predicted octanol–water partition coefficient (Wildman–Crippen LogP) is 1.92. The molecule has 0 fully saturated rings. The van der Waals surface area contributed by atoms with Gasteiger partial charge in [-0.25, -0.2) is 0 Å². The Labute approximate surface area is 287 Å². The van der Waals surface area contributed by atoms with Crippen LogP contribution in [-0.4, -0.2) is 85.0 Å². The van der Waals surface area contributed by atoms with Crippen LogP contribution in [0, 0.1) is 6.92 Å². The topological polar surface area (TPSA) is 189 Å². The maximum absolute atomic E-state index is 13.1. The van der Waals surface area contributed by atoms with E-state index in [1.54, 1.807) is 12.1 Å². The second kappa shape index (κ2) is 22.7. The van der Waals surface area contributed by atoms with Crippen LogP contribution in [0.3, 0.4) is 0 Å². The number of rotatable bonds is 20. The monoisotopic (exact) mass is 693 g/mol. The molecule has 0 unspecified atom stereocenters. The summed E-state index contributed by atoms with van der Waals surface area (Å²) in [6, 6.07) is 11.3. The Morgan fingerprint density at radius 3 is 2.26 bits per heavy atom. The van der Waals surface area contributed by atoms with Crippen LogP contribution < -0.4 is 27.0 Å². The van der Waals surface area contributed by atoms with Crippen LogP contribution in [0.5, 0.6) is 5.75 Å². The molecule has 0 spiro atoms. The van der Waals surface area contributed by atoms with Crippen molar-refractivity contribution in [3.05, 3.63) is 65.2 Å². The fourth-order valence-corrected chi connectivity index (χ4v) is 5.10. The van der Waals surface area contributed by atoms with Gasteiger partial charge in [0.1, 0.15) is 17.8 Å². The number of ether oxygens (including phenoxy) is 1. The second-order valence-corrected chi connectivity index (χ2v) is 12.0. The van der Waals surface area contributed by atoms with E-state index in [2.05, 4.69) is 26.0 Å². The molecule has 0 radical (unpaired) electrons. The number of aromatic hydroxyl groups is 1. The average molecular weight is 694 g/mol. The summed E-state index contributed by atoms with van der Waals surface area (Å²) < 4.78 is 4.63. The van der Waals surface area contributed by atoms with Gasteiger partial charge in [0, 0.05) is 19.4 Å². The summed E-state index contributed by atoms with van der Waals surface area (Å²) in [6.07, 6.45) is 5.02. The van der Waals surface area contributed by atoms with Crippen molar-refractivity contribution in [2.24, 2.45) is 5.73 Å². The number of hydrogen-bond acceptors (Lipinski definition) is 9. The van der Waals surface area contributed by atoms with Gasteiger partial charge < -0.3 is 36.8 Å². The highest BCUT2D eigenvalue weighted by Gasteiger charge is 2.26. The lowest BCUT2D eigenvalue weighted by Crippen LogP contribution is -2.54. The molecule has 3 atom stereocenters. The Balaban J connectivity index is 0.0000110. The summed E-state index contributed by atoms with van der Waals surface area (Å²) in [5.41, 5.74) is 8.59. The Kier molecular flexibility index (Phi) is 19.9. The van der Waals surface area contributed by atoms with Gasteiger partial charge in [-0.1, -0.05) is 42.8 Å². The molecule has 0 saturated heterocycles. The summed E-state index contributed by atoms with van der Waals surface area (Å²) in [4.78, 5) is 63.2. The minimum absolute atomic E-state index is 0. The molecule has 0 aromatic heterocycles. The molecule has 2 aromatic carbocycles. The predicted molar refractivity (Wildman–Crippen MR) is 185 cm³/mol. The number of hydrogen-bond donors (Lipinski definition) is 6. The molecule has 47 heavy (non-hydrogen) atoms. The lowest BCUT2D eigenvalue weighted by Gasteiger charge is -2.22. The first-order valence-corrected chi connectivity index (χ1v) is 16.7. The van der Waals surface area contributed by atoms with Crippen molar-refractivity contribution in [3.8, 4) is 5.75 Å². The lowest BCUT2D eigenvalue weighted by atomic mass is 10.0. The molecule has 0 bridgehead atoms. The number of amides is 4. The van der Waals surface area contributed by atoms with Gasteiger partial charge in [-0.05, 0) is 73.4 Å². The molecular formula is C33H48ClN5O7S. The Hall–Kier alpha value is -3.81. The van der Waals surface area contributed by atoms with E-state index in [1.807, 2.05) is 43.5 Å². The molecule has 2 aromatic rings. The SMILES string of the molecule is COC(=O)CCCCCNC(=O)[C@H](Cc1ccccc1)NC(=O)CNC(=O)[C@@H](CCSC)NC(=O)[C@H](N)Cc1ccc(O)cc1C.Cl. The molecule has 2 rings (SSSR count). The molecule has 4 amide bonds. The van der Waals surface area contributed by atoms with Gasteiger partial charge in [-0.2, -0.15) is 11.8 Å². The van der Waals surface area contributed by atoms with E-state index in [1.165, 1.54) is 24.9 Å². The van der Waals surface area contributed by atoms with Gasteiger partial charge in [0.2, 0.25) is 23.6 Å². The van der Waals surface area contributed by atoms with Crippen LogP contribution in [0.15, 0.2) is 48.5 Å². The van der Waals surface area contributed by atoms with Crippen LogP contribution >= 0.6 is 24.2 Å². The lowest BCUT2D eigenvalue weighted by molar-refractivity contribution is -0.140. The van der Waals surface area contributed by atoms with E-state index >= 15 is 0 Å². The Morgan fingerprint density at radius 2 is 1.60 bits per heavy atom. The number of nitrogens with two attached hydrogens (primary N) is 1. The standard InChI is InChI=1S/C33H47N5O7S.ClH/c1-22-18-25(39)14-13-24(22)20-26(34)31(42)38-27(15-17-46-3)32(43)36-21-29(40)37-28(19-23-10-6-4-7-11-23)33(44)35-16-9-5-8-12-30(41)45-2;/h4,6-7,10-11,13-14,18,26-28,39H,5,8-9,12,15-17,19-21,34H2,1-3H3,(H,35,44)(H,36,43)(H,37,40)(H,38,42);1H/t26-,27-,28+;/m1./s1. The molecule has 0 aliphatic heterocycles. The van der Waals surface area contributed by atoms with E-state index < -0.39 is 42.4 Å². The Morgan fingerprint density at radius 1 is 0.894 bits per heavy atom. The summed E-state index contributed by atoms with van der Waals surface area (Å²) in [5.74, 6) is -1.54. The largest absolute Gasteiger partial charge is 0.508 e. The van der Waals surface area contributed by atoms with Crippen molar-refractivity contribution in [2.75, 3.05) is 32.2 Å². The zero-order valence-electron chi connectivity index (χ0n) is 27.2. The first kappa shape index (κ1) is 41.2. The van der Waals surface area contributed by atoms with Crippen LogP contribution in [0.2, 0.25) is 0 Å². The average Bonchev–Trinajstić information content (AvgIpc) is 3.04. The number of benzene rings is 2. The number of nitrogens with one attached hydrogen (secondary N) is 4. The third-order valence-electron chi connectivity index (χ3n) is 7.29. The van der Waals surface area contributed by atoms with Crippen molar-refractivity contribution < 1.29 is 33.8 Å². The molecular weight excluding hydrogens is 646 g/mol. The smallest absolute Gasteiger partial charge is 0.305 e. The first-order valence-electron chi connectivity index (χ1n) is 15.3.